The van der Waals surface area contributed by atoms with E-state index in [-0.39, 0.29) is 11.9 Å². The number of carbonyl (C=O) groups is 1. The van der Waals surface area contributed by atoms with Crippen molar-refractivity contribution in [2.45, 2.75) is 65.0 Å². The molecule has 0 spiro atoms. The lowest BCUT2D eigenvalue weighted by Gasteiger charge is -2.36. The Balaban J connectivity index is 1.68. The van der Waals surface area contributed by atoms with E-state index in [2.05, 4.69) is 42.2 Å². The second kappa shape index (κ2) is 8.29. The van der Waals surface area contributed by atoms with Gasteiger partial charge in [0.2, 0.25) is 5.91 Å². The number of hydrogen-bond donors (Lipinski definition) is 0. The zero-order valence-electron chi connectivity index (χ0n) is 17.0. The van der Waals surface area contributed by atoms with Crippen LogP contribution in [0.1, 0.15) is 67.7 Å². The highest BCUT2D eigenvalue weighted by Crippen LogP contribution is 2.34. The number of hydrogen-bond acceptors (Lipinski definition) is 4. The summed E-state index contributed by atoms with van der Waals surface area (Å²) in [7, 11) is 0. The fourth-order valence-corrected chi connectivity index (χ4v) is 4.52. The molecule has 0 bridgehead atoms. The molecule has 1 atom stereocenters. The number of nitrogens with zero attached hydrogens (tertiary/aromatic N) is 4. The number of aryl methyl sites for hydroxylation is 1. The third-order valence-corrected chi connectivity index (χ3v) is 6.00. The second-order valence-electron chi connectivity index (χ2n) is 7.93. The number of rotatable bonds is 4. The van der Waals surface area contributed by atoms with Gasteiger partial charge in [-0.15, -0.1) is 0 Å². The van der Waals surface area contributed by atoms with Gasteiger partial charge >= 0.3 is 0 Å². The molecular formula is C23H30N4O. The summed E-state index contributed by atoms with van der Waals surface area (Å²) in [4.78, 5) is 26.8. The molecule has 2 aliphatic heterocycles. The summed E-state index contributed by atoms with van der Waals surface area (Å²) in [5.41, 5.74) is 3.65. The number of piperidine rings is 1. The lowest BCUT2D eigenvalue weighted by Crippen LogP contribution is -2.39. The summed E-state index contributed by atoms with van der Waals surface area (Å²) >= 11 is 0. The van der Waals surface area contributed by atoms with Gasteiger partial charge in [-0.05, 0) is 44.6 Å². The van der Waals surface area contributed by atoms with Gasteiger partial charge in [0, 0.05) is 37.3 Å². The van der Waals surface area contributed by atoms with Gasteiger partial charge in [0.25, 0.3) is 0 Å². The largest absolute Gasteiger partial charge is 0.352 e. The zero-order valence-corrected chi connectivity index (χ0v) is 17.0. The molecule has 1 aromatic heterocycles. The van der Waals surface area contributed by atoms with Crippen LogP contribution in [0.15, 0.2) is 30.3 Å². The predicted octanol–water partition coefficient (Wildman–Crippen LogP) is 4.20. The Labute approximate surface area is 167 Å². The molecule has 1 amide bonds. The van der Waals surface area contributed by atoms with Crippen LogP contribution in [0.4, 0.5) is 5.82 Å². The van der Waals surface area contributed by atoms with Gasteiger partial charge in [0.1, 0.15) is 5.82 Å². The first kappa shape index (κ1) is 18.9. The van der Waals surface area contributed by atoms with E-state index < -0.39 is 0 Å². The van der Waals surface area contributed by atoms with Crippen LogP contribution >= 0.6 is 0 Å². The zero-order chi connectivity index (χ0) is 19.5. The Morgan fingerprint density at radius 3 is 2.71 bits per heavy atom. The van der Waals surface area contributed by atoms with E-state index in [4.69, 9.17) is 9.97 Å². The molecule has 5 nitrogen and oxygen atoms in total. The van der Waals surface area contributed by atoms with Crippen molar-refractivity contribution in [1.29, 1.82) is 0 Å². The molecule has 2 aliphatic rings. The smallest absolute Gasteiger partial charge is 0.222 e. The maximum Gasteiger partial charge on any atom is 0.222 e. The van der Waals surface area contributed by atoms with Gasteiger partial charge in [-0.3, -0.25) is 4.79 Å². The molecule has 0 saturated carbocycles. The van der Waals surface area contributed by atoms with Crippen molar-refractivity contribution in [3.05, 3.63) is 53.0 Å². The number of carbonyl (C=O) groups excluding carboxylic acids is 1. The van der Waals surface area contributed by atoms with E-state index in [9.17, 15) is 4.79 Å². The fraction of sp³-hybridized carbons (Fsp3) is 0.522. The number of anilines is 1. The summed E-state index contributed by atoms with van der Waals surface area (Å²) in [5.74, 6) is 2.12. The maximum atomic E-state index is 12.5. The molecule has 5 heteroatoms. The van der Waals surface area contributed by atoms with Gasteiger partial charge in [-0.2, -0.15) is 0 Å². The summed E-state index contributed by atoms with van der Waals surface area (Å²) in [6, 6.07) is 10.6. The summed E-state index contributed by atoms with van der Waals surface area (Å²) in [6.45, 7) is 6.75. The van der Waals surface area contributed by atoms with Crippen molar-refractivity contribution in [2.24, 2.45) is 0 Å². The van der Waals surface area contributed by atoms with Gasteiger partial charge in [0.15, 0.2) is 5.82 Å². The molecule has 148 valence electrons. The van der Waals surface area contributed by atoms with Crippen LogP contribution < -0.4 is 4.90 Å². The molecule has 0 N–H and O–H groups in total. The molecule has 0 radical (unpaired) electrons. The first-order valence-corrected chi connectivity index (χ1v) is 10.6. The molecule has 28 heavy (non-hydrogen) atoms. The summed E-state index contributed by atoms with van der Waals surface area (Å²) in [6.07, 6.45) is 5.88. The molecule has 4 rings (SSSR count). The van der Waals surface area contributed by atoms with E-state index in [0.29, 0.717) is 6.42 Å². The van der Waals surface area contributed by atoms with E-state index in [0.717, 1.165) is 69.1 Å². The van der Waals surface area contributed by atoms with Gasteiger partial charge in [-0.25, -0.2) is 9.97 Å². The standard InChI is InChI=1S/C23H30N4O/c1-3-21(28)27-15-8-7-13-20(27)22-24-17(2)19-12-9-14-26(23(19)25-22)16-18-10-5-4-6-11-18/h4-6,10-11,20H,3,7-9,12-16H2,1-2H3/t20-/m0/s1. The fourth-order valence-electron chi connectivity index (χ4n) is 4.52. The Hall–Kier alpha value is -2.43. The van der Waals surface area contributed by atoms with Crippen LogP contribution in [0, 0.1) is 6.92 Å². The summed E-state index contributed by atoms with van der Waals surface area (Å²) < 4.78 is 0. The molecule has 1 fully saturated rings. The van der Waals surface area contributed by atoms with Gasteiger partial charge < -0.3 is 9.80 Å². The van der Waals surface area contributed by atoms with Crippen LogP contribution in [-0.4, -0.2) is 33.9 Å². The minimum Gasteiger partial charge on any atom is -0.352 e. The average molecular weight is 379 g/mol. The van der Waals surface area contributed by atoms with Crippen molar-refractivity contribution in [2.75, 3.05) is 18.0 Å². The van der Waals surface area contributed by atoms with E-state index >= 15 is 0 Å². The lowest BCUT2D eigenvalue weighted by molar-refractivity contribution is -0.134. The van der Waals surface area contributed by atoms with Crippen LogP contribution in [0.25, 0.3) is 0 Å². The third kappa shape index (κ3) is 3.75. The first-order chi connectivity index (χ1) is 13.7. The number of benzene rings is 1. The maximum absolute atomic E-state index is 12.5. The lowest BCUT2D eigenvalue weighted by atomic mass is 9.99. The number of amides is 1. The molecule has 1 aromatic carbocycles. The highest BCUT2D eigenvalue weighted by molar-refractivity contribution is 5.76. The van der Waals surface area contributed by atoms with E-state index in [1.54, 1.807) is 0 Å². The van der Waals surface area contributed by atoms with Crippen molar-refractivity contribution < 1.29 is 4.79 Å². The SMILES string of the molecule is CCC(=O)N1CCCC[C@H]1c1nc(C)c2c(n1)N(Cc1ccccc1)CCC2. The molecule has 0 aliphatic carbocycles. The van der Waals surface area contributed by atoms with Crippen LogP contribution in [-0.2, 0) is 17.8 Å². The number of fused-ring (bicyclic) bond motifs is 1. The van der Waals surface area contributed by atoms with Gasteiger partial charge in [0.05, 0.1) is 6.04 Å². The normalized spacial score (nSPS) is 19.4. The van der Waals surface area contributed by atoms with Crippen LogP contribution in [0.5, 0.6) is 0 Å². The van der Waals surface area contributed by atoms with Crippen LogP contribution in [0.2, 0.25) is 0 Å². The highest BCUT2D eigenvalue weighted by atomic mass is 16.2. The minimum atomic E-state index is 0.0192. The number of aromatic nitrogens is 2. The van der Waals surface area contributed by atoms with Gasteiger partial charge in [-0.1, -0.05) is 37.3 Å². The molecule has 3 heterocycles. The Morgan fingerprint density at radius 2 is 1.93 bits per heavy atom. The molecular weight excluding hydrogens is 348 g/mol. The van der Waals surface area contributed by atoms with Crippen molar-refractivity contribution in [3.63, 3.8) is 0 Å². The first-order valence-electron chi connectivity index (χ1n) is 10.6. The molecule has 1 saturated heterocycles. The quantitative estimate of drug-likeness (QED) is 0.800. The van der Waals surface area contributed by atoms with Crippen molar-refractivity contribution in [1.82, 2.24) is 14.9 Å². The average Bonchev–Trinajstić information content (AvgIpc) is 2.74. The van der Waals surface area contributed by atoms with Crippen molar-refractivity contribution in [3.8, 4) is 0 Å². The predicted molar refractivity (Wildman–Crippen MR) is 111 cm³/mol. The van der Waals surface area contributed by atoms with E-state index in [1.807, 2.05) is 11.8 Å². The Kier molecular flexibility index (Phi) is 5.60. The van der Waals surface area contributed by atoms with Crippen LogP contribution in [0.3, 0.4) is 0 Å². The second-order valence-corrected chi connectivity index (χ2v) is 7.93. The minimum absolute atomic E-state index is 0.0192. The van der Waals surface area contributed by atoms with Crippen molar-refractivity contribution >= 4 is 11.7 Å². The molecule has 2 aromatic rings. The Bertz CT molecular complexity index is 836. The Morgan fingerprint density at radius 1 is 1.11 bits per heavy atom. The highest BCUT2D eigenvalue weighted by Gasteiger charge is 2.31. The topological polar surface area (TPSA) is 49.3 Å². The summed E-state index contributed by atoms with van der Waals surface area (Å²) in [5, 5.41) is 0. The molecule has 0 unspecified atom stereocenters. The third-order valence-electron chi connectivity index (χ3n) is 6.00. The number of likely N-dealkylation sites (tertiary alicyclic amines) is 1. The monoisotopic (exact) mass is 378 g/mol. The van der Waals surface area contributed by atoms with E-state index in [1.165, 1.54) is 11.1 Å².